The van der Waals surface area contributed by atoms with Gasteiger partial charge in [-0.15, -0.1) is 0 Å². The third-order valence-corrected chi connectivity index (χ3v) is 3.44. The van der Waals surface area contributed by atoms with Gasteiger partial charge in [0.1, 0.15) is 30.2 Å². The first-order valence-corrected chi connectivity index (χ1v) is 6.55. The summed E-state index contributed by atoms with van der Waals surface area (Å²) in [7, 11) is 0. The third kappa shape index (κ3) is 3.25. The van der Waals surface area contributed by atoms with Gasteiger partial charge in [0, 0.05) is 4.47 Å². The molecule has 1 aromatic carbocycles. The summed E-state index contributed by atoms with van der Waals surface area (Å²) in [6, 6.07) is 6.82. The van der Waals surface area contributed by atoms with Crippen LogP contribution in [0.5, 0.6) is 5.75 Å². The van der Waals surface area contributed by atoms with Crippen LogP contribution in [0.25, 0.3) is 0 Å². The van der Waals surface area contributed by atoms with Gasteiger partial charge in [-0.25, -0.2) is 0 Å². The minimum Gasteiger partial charge on any atom is -0.462 e. The van der Waals surface area contributed by atoms with E-state index in [1.54, 1.807) is 24.3 Å². The normalized spacial score (nSPS) is 35.1. The molecular weight excluding hydrogens is 320 g/mol. The molecule has 1 aliphatic rings. The molecule has 0 amide bonds. The summed E-state index contributed by atoms with van der Waals surface area (Å²) in [6.45, 7) is -0.481. The lowest BCUT2D eigenvalue weighted by Crippen LogP contribution is -2.60. The molecule has 1 aliphatic heterocycles. The predicted molar refractivity (Wildman–Crippen MR) is 68.5 cm³/mol. The minimum atomic E-state index is -1.44. The molecule has 1 aromatic rings. The fraction of sp³-hybridized carbons (Fsp3) is 0.500. The average molecular weight is 335 g/mol. The third-order valence-electron chi connectivity index (χ3n) is 2.91. The van der Waals surface area contributed by atoms with Crippen LogP contribution >= 0.6 is 15.9 Å². The number of halogens is 1. The first kappa shape index (κ1) is 14.7. The zero-order valence-electron chi connectivity index (χ0n) is 9.89. The lowest BCUT2D eigenvalue weighted by Gasteiger charge is -2.39. The highest BCUT2D eigenvalue weighted by molar-refractivity contribution is 9.10. The molecule has 0 aliphatic carbocycles. The maximum Gasteiger partial charge on any atom is 0.229 e. The summed E-state index contributed by atoms with van der Waals surface area (Å²) in [5.41, 5.74) is 0. The SMILES string of the molecule is OC[C@H]1O[C@@H](Oc2ccc(Br)cc2)[C@@H](O)[C@@H](O)[C@@H]1O. The number of benzene rings is 1. The molecule has 4 N–H and O–H groups in total. The summed E-state index contributed by atoms with van der Waals surface area (Å²) < 4.78 is 11.5. The van der Waals surface area contributed by atoms with Gasteiger partial charge in [-0.2, -0.15) is 0 Å². The molecule has 2 rings (SSSR count). The molecule has 0 aromatic heterocycles. The summed E-state index contributed by atoms with van der Waals surface area (Å²) in [6.07, 6.45) is -6.35. The van der Waals surface area contributed by atoms with E-state index in [2.05, 4.69) is 15.9 Å². The first-order chi connectivity index (χ1) is 9.02. The summed E-state index contributed by atoms with van der Waals surface area (Å²) in [4.78, 5) is 0. The first-order valence-electron chi connectivity index (χ1n) is 5.75. The van der Waals surface area contributed by atoms with Gasteiger partial charge in [-0.3, -0.25) is 0 Å². The molecule has 1 fully saturated rings. The van der Waals surface area contributed by atoms with E-state index in [1.165, 1.54) is 0 Å². The monoisotopic (exact) mass is 334 g/mol. The standard InChI is InChI=1S/C12H15BrO6/c13-6-1-3-7(4-2-6)18-12-11(17)10(16)9(15)8(5-14)19-12/h1-4,8-12,14-17H,5H2/t8-,9-,10+,11+,12-/m1/s1. The molecule has 6 nitrogen and oxygen atoms in total. The second-order valence-corrected chi connectivity index (χ2v) is 5.18. The van der Waals surface area contributed by atoms with Crippen molar-refractivity contribution in [2.45, 2.75) is 30.7 Å². The van der Waals surface area contributed by atoms with Gasteiger partial charge >= 0.3 is 0 Å². The van der Waals surface area contributed by atoms with Crippen LogP contribution in [0, 0.1) is 0 Å². The van der Waals surface area contributed by atoms with Crippen LogP contribution in [0.2, 0.25) is 0 Å². The largest absolute Gasteiger partial charge is 0.462 e. The molecule has 5 atom stereocenters. The summed E-state index contributed by atoms with van der Waals surface area (Å²) in [5.74, 6) is 0.438. The van der Waals surface area contributed by atoms with Crippen LogP contribution in [0.1, 0.15) is 0 Å². The Morgan fingerprint density at radius 1 is 1.05 bits per heavy atom. The van der Waals surface area contributed by atoms with E-state index in [9.17, 15) is 15.3 Å². The van der Waals surface area contributed by atoms with E-state index in [4.69, 9.17) is 14.6 Å². The van der Waals surface area contributed by atoms with Gasteiger partial charge in [0.2, 0.25) is 6.29 Å². The van der Waals surface area contributed by atoms with Gasteiger partial charge in [-0.1, -0.05) is 15.9 Å². The van der Waals surface area contributed by atoms with Gasteiger partial charge in [0.05, 0.1) is 6.61 Å². The van der Waals surface area contributed by atoms with Gasteiger partial charge in [-0.05, 0) is 24.3 Å². The Kier molecular flexibility index (Phi) is 4.77. The number of aliphatic hydroxyl groups is 4. The molecule has 106 valence electrons. The fourth-order valence-corrected chi connectivity index (χ4v) is 2.08. The van der Waals surface area contributed by atoms with Crippen molar-refractivity contribution < 1.29 is 29.9 Å². The molecule has 0 radical (unpaired) electrons. The van der Waals surface area contributed by atoms with Crippen LogP contribution in [-0.2, 0) is 4.74 Å². The van der Waals surface area contributed by atoms with Gasteiger partial charge < -0.3 is 29.9 Å². The smallest absolute Gasteiger partial charge is 0.229 e. The minimum absolute atomic E-state index is 0.438. The molecule has 1 heterocycles. The number of ether oxygens (including phenoxy) is 2. The molecule has 0 unspecified atom stereocenters. The number of rotatable bonds is 3. The Balaban J connectivity index is 2.08. The van der Waals surface area contributed by atoms with Crippen molar-refractivity contribution in [3.8, 4) is 5.75 Å². The molecule has 19 heavy (non-hydrogen) atoms. The number of hydrogen-bond donors (Lipinski definition) is 4. The lowest BCUT2D eigenvalue weighted by molar-refractivity contribution is -0.277. The van der Waals surface area contributed by atoms with Crippen molar-refractivity contribution in [3.05, 3.63) is 28.7 Å². The highest BCUT2D eigenvalue weighted by atomic mass is 79.9. The number of hydrogen-bond acceptors (Lipinski definition) is 6. The van der Waals surface area contributed by atoms with Crippen molar-refractivity contribution in [1.82, 2.24) is 0 Å². The topological polar surface area (TPSA) is 99.4 Å². The zero-order valence-corrected chi connectivity index (χ0v) is 11.5. The lowest BCUT2D eigenvalue weighted by atomic mass is 9.99. The van der Waals surface area contributed by atoms with E-state index >= 15 is 0 Å². The average Bonchev–Trinajstić information content (AvgIpc) is 2.42. The zero-order chi connectivity index (χ0) is 14.0. The van der Waals surface area contributed by atoms with E-state index in [0.29, 0.717) is 5.75 Å². The Morgan fingerprint density at radius 3 is 2.26 bits per heavy atom. The number of aliphatic hydroxyl groups excluding tert-OH is 4. The van der Waals surface area contributed by atoms with Gasteiger partial charge in [0.15, 0.2) is 0 Å². The van der Waals surface area contributed by atoms with Crippen LogP contribution in [0.3, 0.4) is 0 Å². The van der Waals surface area contributed by atoms with Crippen molar-refractivity contribution in [3.63, 3.8) is 0 Å². The Labute approximate surface area is 118 Å². The van der Waals surface area contributed by atoms with Crippen molar-refractivity contribution in [2.24, 2.45) is 0 Å². The second-order valence-electron chi connectivity index (χ2n) is 4.27. The Hall–Kier alpha value is -0.700. The maximum absolute atomic E-state index is 9.79. The molecule has 1 saturated heterocycles. The molecule has 0 bridgehead atoms. The van der Waals surface area contributed by atoms with Gasteiger partial charge in [0.25, 0.3) is 0 Å². The van der Waals surface area contributed by atoms with Crippen LogP contribution < -0.4 is 4.74 Å². The molecule has 0 saturated carbocycles. The molecule has 0 spiro atoms. The van der Waals surface area contributed by atoms with Crippen molar-refractivity contribution >= 4 is 15.9 Å². The molecule has 7 heteroatoms. The van der Waals surface area contributed by atoms with Crippen molar-refractivity contribution in [2.75, 3.05) is 6.61 Å². The fourth-order valence-electron chi connectivity index (χ4n) is 1.81. The summed E-state index contributed by atoms with van der Waals surface area (Å²) >= 11 is 3.28. The maximum atomic E-state index is 9.79. The summed E-state index contributed by atoms with van der Waals surface area (Å²) in [5, 5.41) is 38.1. The van der Waals surface area contributed by atoms with E-state index in [1.807, 2.05) is 0 Å². The van der Waals surface area contributed by atoms with Crippen LogP contribution in [0.4, 0.5) is 0 Å². The van der Waals surface area contributed by atoms with Crippen LogP contribution in [-0.4, -0.2) is 57.7 Å². The van der Waals surface area contributed by atoms with Crippen molar-refractivity contribution in [1.29, 1.82) is 0 Å². The predicted octanol–water partition coefficient (Wildman–Crippen LogP) is -0.372. The molecular formula is C12H15BrO6. The van der Waals surface area contributed by atoms with E-state index < -0.39 is 37.3 Å². The quantitative estimate of drug-likeness (QED) is 0.602. The highest BCUT2D eigenvalue weighted by Gasteiger charge is 2.44. The van der Waals surface area contributed by atoms with E-state index in [-0.39, 0.29) is 0 Å². The highest BCUT2D eigenvalue weighted by Crippen LogP contribution is 2.25. The Morgan fingerprint density at radius 2 is 1.68 bits per heavy atom. The van der Waals surface area contributed by atoms with Crippen LogP contribution in [0.15, 0.2) is 28.7 Å². The second kappa shape index (κ2) is 6.17. The Bertz CT molecular complexity index is 409. The van der Waals surface area contributed by atoms with E-state index in [0.717, 1.165) is 4.47 Å².